The van der Waals surface area contributed by atoms with Gasteiger partial charge in [-0.25, -0.2) is 0 Å². The highest BCUT2D eigenvalue weighted by Gasteiger charge is 2.20. The molecule has 0 atom stereocenters. The summed E-state index contributed by atoms with van der Waals surface area (Å²) in [4.78, 5) is 4.85. The predicted molar refractivity (Wildman–Crippen MR) is 80.5 cm³/mol. The van der Waals surface area contributed by atoms with Crippen LogP contribution in [-0.2, 0) is 6.54 Å². The van der Waals surface area contributed by atoms with Crippen molar-refractivity contribution in [3.63, 3.8) is 0 Å². The van der Waals surface area contributed by atoms with E-state index in [1.165, 1.54) is 31.5 Å². The van der Waals surface area contributed by atoms with Crippen LogP contribution in [0.5, 0.6) is 0 Å². The van der Waals surface area contributed by atoms with E-state index in [-0.39, 0.29) is 0 Å². The van der Waals surface area contributed by atoms with Crippen LogP contribution in [0.4, 0.5) is 5.69 Å². The molecular weight excluding hydrogens is 290 g/mol. The van der Waals surface area contributed by atoms with Gasteiger partial charge in [0.2, 0.25) is 0 Å². The normalized spacial score (nSPS) is 18.4. The quantitative estimate of drug-likeness (QED) is 0.871. The first-order valence-corrected chi connectivity index (χ1v) is 7.28. The monoisotopic (exact) mass is 311 g/mol. The highest BCUT2D eigenvalue weighted by Crippen LogP contribution is 2.23. The Balaban J connectivity index is 1.98. The van der Waals surface area contributed by atoms with Crippen molar-refractivity contribution in [1.29, 1.82) is 0 Å². The number of hydrogen-bond acceptors (Lipinski definition) is 3. The van der Waals surface area contributed by atoms with Crippen LogP contribution in [0.15, 0.2) is 22.7 Å². The van der Waals surface area contributed by atoms with Crippen LogP contribution >= 0.6 is 15.9 Å². The van der Waals surface area contributed by atoms with Crippen LogP contribution < -0.4 is 5.73 Å². The molecule has 0 amide bonds. The molecule has 1 heterocycles. The van der Waals surface area contributed by atoms with Gasteiger partial charge in [-0.3, -0.25) is 4.90 Å². The molecule has 0 spiro atoms. The fraction of sp³-hybridized carbons (Fsp3) is 0.571. The van der Waals surface area contributed by atoms with Gasteiger partial charge >= 0.3 is 0 Å². The molecular formula is C14H22BrN3. The molecule has 0 radical (unpaired) electrons. The van der Waals surface area contributed by atoms with E-state index >= 15 is 0 Å². The number of nitrogen functional groups attached to an aromatic ring is 1. The summed E-state index contributed by atoms with van der Waals surface area (Å²) in [5, 5.41) is 0. The van der Waals surface area contributed by atoms with Crippen LogP contribution in [0.1, 0.15) is 18.4 Å². The Kier molecular flexibility index (Phi) is 4.65. The van der Waals surface area contributed by atoms with Gasteiger partial charge in [-0.05, 0) is 63.8 Å². The summed E-state index contributed by atoms with van der Waals surface area (Å²) >= 11 is 3.60. The van der Waals surface area contributed by atoms with Gasteiger partial charge in [0.1, 0.15) is 0 Å². The number of rotatable bonds is 3. The fourth-order valence-corrected chi connectivity index (χ4v) is 2.92. The maximum absolute atomic E-state index is 5.85. The molecule has 100 valence electrons. The molecule has 2 N–H and O–H groups in total. The second kappa shape index (κ2) is 6.04. The molecule has 0 bridgehead atoms. The number of benzene rings is 1. The van der Waals surface area contributed by atoms with Crippen molar-refractivity contribution in [2.24, 2.45) is 0 Å². The van der Waals surface area contributed by atoms with Gasteiger partial charge in [-0.1, -0.05) is 15.9 Å². The Morgan fingerprint density at radius 1 is 1.39 bits per heavy atom. The highest BCUT2D eigenvalue weighted by atomic mass is 79.9. The van der Waals surface area contributed by atoms with E-state index in [0.717, 1.165) is 16.7 Å². The molecule has 3 nitrogen and oxygen atoms in total. The molecule has 4 heteroatoms. The number of hydrogen-bond donors (Lipinski definition) is 1. The summed E-state index contributed by atoms with van der Waals surface area (Å²) in [6.07, 6.45) is 2.51. The lowest BCUT2D eigenvalue weighted by Gasteiger charge is -2.35. The molecule has 0 aromatic heterocycles. The summed E-state index contributed by atoms with van der Waals surface area (Å²) in [6, 6.07) is 6.72. The zero-order chi connectivity index (χ0) is 13.1. The molecule has 0 unspecified atom stereocenters. The predicted octanol–water partition coefficient (Wildman–Crippen LogP) is 2.56. The van der Waals surface area contributed by atoms with Gasteiger partial charge in [-0.2, -0.15) is 0 Å². The third-order valence-corrected chi connectivity index (χ3v) is 4.57. The standard InChI is InChI=1S/C14H22BrN3/c1-17-7-5-13(6-8-17)18(2)10-11-9-12(16)3-4-14(11)15/h3-4,9,13H,5-8,10,16H2,1-2H3. The maximum atomic E-state index is 5.85. The Labute approximate surface area is 118 Å². The number of halogens is 1. The van der Waals surface area contributed by atoms with Crippen LogP contribution in [0.25, 0.3) is 0 Å². The SMILES string of the molecule is CN1CCC(N(C)Cc2cc(N)ccc2Br)CC1. The van der Waals surface area contributed by atoms with E-state index in [1.54, 1.807) is 0 Å². The average molecular weight is 312 g/mol. The van der Waals surface area contributed by atoms with Crippen molar-refractivity contribution < 1.29 is 0 Å². The molecule has 0 saturated carbocycles. The van der Waals surface area contributed by atoms with Gasteiger partial charge in [0.25, 0.3) is 0 Å². The van der Waals surface area contributed by atoms with Crippen LogP contribution in [0.3, 0.4) is 0 Å². The van der Waals surface area contributed by atoms with E-state index in [9.17, 15) is 0 Å². The average Bonchev–Trinajstić information content (AvgIpc) is 2.34. The number of nitrogens with zero attached hydrogens (tertiary/aromatic N) is 2. The number of likely N-dealkylation sites (tertiary alicyclic amines) is 1. The largest absolute Gasteiger partial charge is 0.399 e. The van der Waals surface area contributed by atoms with Gasteiger partial charge in [-0.15, -0.1) is 0 Å². The van der Waals surface area contributed by atoms with E-state index in [1.807, 2.05) is 12.1 Å². The van der Waals surface area contributed by atoms with Gasteiger partial charge in [0.15, 0.2) is 0 Å². The number of piperidine rings is 1. The van der Waals surface area contributed by atoms with E-state index in [0.29, 0.717) is 6.04 Å². The summed E-state index contributed by atoms with van der Waals surface area (Å²) in [6.45, 7) is 3.36. The lowest BCUT2D eigenvalue weighted by Crippen LogP contribution is -2.41. The molecule has 0 aliphatic carbocycles. The van der Waals surface area contributed by atoms with Crippen molar-refractivity contribution in [1.82, 2.24) is 9.80 Å². The minimum Gasteiger partial charge on any atom is -0.399 e. The van der Waals surface area contributed by atoms with Crippen molar-refractivity contribution in [2.45, 2.75) is 25.4 Å². The van der Waals surface area contributed by atoms with E-state index < -0.39 is 0 Å². The second-order valence-electron chi connectivity index (χ2n) is 5.30. The molecule has 1 aromatic carbocycles. The Hall–Kier alpha value is -0.580. The first kappa shape index (κ1) is 13.8. The van der Waals surface area contributed by atoms with Crippen molar-refractivity contribution in [3.05, 3.63) is 28.2 Å². The van der Waals surface area contributed by atoms with Gasteiger partial charge < -0.3 is 10.6 Å². The number of nitrogens with two attached hydrogens (primary N) is 1. The third-order valence-electron chi connectivity index (χ3n) is 3.80. The molecule has 1 saturated heterocycles. The number of anilines is 1. The van der Waals surface area contributed by atoms with Crippen LogP contribution in [-0.4, -0.2) is 43.0 Å². The minimum absolute atomic E-state index is 0.689. The van der Waals surface area contributed by atoms with Crippen LogP contribution in [0.2, 0.25) is 0 Å². The zero-order valence-corrected chi connectivity index (χ0v) is 12.8. The molecule has 1 aliphatic heterocycles. The Morgan fingerprint density at radius 3 is 2.72 bits per heavy atom. The lowest BCUT2D eigenvalue weighted by atomic mass is 10.0. The minimum atomic E-state index is 0.689. The highest BCUT2D eigenvalue weighted by molar-refractivity contribution is 9.10. The summed E-state index contributed by atoms with van der Waals surface area (Å²) in [7, 11) is 4.41. The zero-order valence-electron chi connectivity index (χ0n) is 11.2. The second-order valence-corrected chi connectivity index (χ2v) is 6.15. The van der Waals surface area contributed by atoms with E-state index in [4.69, 9.17) is 5.73 Å². The fourth-order valence-electron chi connectivity index (χ4n) is 2.55. The maximum Gasteiger partial charge on any atom is 0.0318 e. The molecule has 1 aromatic rings. The van der Waals surface area contributed by atoms with Crippen molar-refractivity contribution in [2.75, 3.05) is 32.9 Å². The van der Waals surface area contributed by atoms with E-state index in [2.05, 4.69) is 45.9 Å². The first-order chi connectivity index (χ1) is 8.56. The Bertz CT molecular complexity index is 400. The Morgan fingerprint density at radius 2 is 2.06 bits per heavy atom. The van der Waals surface area contributed by atoms with Gasteiger partial charge in [0, 0.05) is 22.7 Å². The lowest BCUT2D eigenvalue weighted by molar-refractivity contribution is 0.139. The first-order valence-electron chi connectivity index (χ1n) is 6.49. The van der Waals surface area contributed by atoms with Crippen molar-refractivity contribution in [3.8, 4) is 0 Å². The van der Waals surface area contributed by atoms with Crippen molar-refractivity contribution >= 4 is 21.6 Å². The third kappa shape index (κ3) is 3.46. The van der Waals surface area contributed by atoms with Crippen LogP contribution in [0, 0.1) is 0 Å². The summed E-state index contributed by atoms with van der Waals surface area (Å²) < 4.78 is 1.15. The smallest absolute Gasteiger partial charge is 0.0318 e. The molecule has 1 fully saturated rings. The topological polar surface area (TPSA) is 32.5 Å². The van der Waals surface area contributed by atoms with Gasteiger partial charge in [0.05, 0.1) is 0 Å². The molecule has 18 heavy (non-hydrogen) atoms. The summed E-state index contributed by atoms with van der Waals surface area (Å²) in [5.41, 5.74) is 7.97. The summed E-state index contributed by atoms with van der Waals surface area (Å²) in [5.74, 6) is 0. The molecule has 2 rings (SSSR count). The molecule has 1 aliphatic rings.